The number of anilines is 2. The third kappa shape index (κ3) is 4.54. The minimum absolute atomic E-state index is 0.162. The number of carbonyl (C=O) groups excluding carboxylic acids is 2. The first-order valence-corrected chi connectivity index (χ1v) is 7.78. The molecule has 0 bridgehead atoms. The van der Waals surface area contributed by atoms with Gasteiger partial charge in [0.25, 0.3) is 5.91 Å². The Bertz CT molecular complexity index is 616. The van der Waals surface area contributed by atoms with Gasteiger partial charge in [0.15, 0.2) is 5.13 Å². The number of rotatable bonds is 6. The summed E-state index contributed by atoms with van der Waals surface area (Å²) in [5, 5.41) is 7.71. The Balaban J connectivity index is 2.09. The highest BCUT2D eigenvalue weighted by Gasteiger charge is 2.13. The van der Waals surface area contributed by atoms with Crippen LogP contribution < -0.4 is 10.6 Å². The van der Waals surface area contributed by atoms with Gasteiger partial charge >= 0.3 is 0 Å². The van der Waals surface area contributed by atoms with Crippen molar-refractivity contribution < 1.29 is 9.59 Å². The molecule has 1 aromatic heterocycles. The summed E-state index contributed by atoms with van der Waals surface area (Å²) in [5.74, 6) is -0.0390. The smallest absolute Gasteiger partial charge is 0.259 e. The lowest BCUT2D eigenvalue weighted by Crippen LogP contribution is -2.18. The van der Waals surface area contributed by atoms with Crippen molar-refractivity contribution in [3.05, 3.63) is 41.4 Å². The van der Waals surface area contributed by atoms with E-state index in [-0.39, 0.29) is 11.8 Å². The number of nitrogens with one attached hydrogen (secondary N) is 2. The van der Waals surface area contributed by atoms with Crippen LogP contribution in [0.25, 0.3) is 0 Å². The molecule has 2 amide bonds. The summed E-state index contributed by atoms with van der Waals surface area (Å²) in [6.45, 7) is 0. The van der Waals surface area contributed by atoms with Crippen LogP contribution in [0.3, 0.4) is 0 Å². The van der Waals surface area contributed by atoms with Crippen LogP contribution in [0.2, 0.25) is 0 Å². The molecule has 21 heavy (non-hydrogen) atoms. The maximum Gasteiger partial charge on any atom is 0.259 e. The van der Waals surface area contributed by atoms with E-state index in [4.69, 9.17) is 11.6 Å². The lowest BCUT2D eigenvalue weighted by molar-refractivity contribution is -0.116. The molecular formula is C14H14ClN3O2S. The van der Waals surface area contributed by atoms with Crippen LogP contribution in [0.15, 0.2) is 35.8 Å². The Hall–Kier alpha value is -1.92. The van der Waals surface area contributed by atoms with Crippen LogP contribution in [0.1, 0.15) is 23.2 Å². The van der Waals surface area contributed by atoms with Gasteiger partial charge in [-0.2, -0.15) is 0 Å². The van der Waals surface area contributed by atoms with Crippen molar-refractivity contribution in [3.63, 3.8) is 0 Å². The summed E-state index contributed by atoms with van der Waals surface area (Å²) in [5.41, 5.74) is 0.873. The van der Waals surface area contributed by atoms with Gasteiger partial charge in [0.2, 0.25) is 5.91 Å². The van der Waals surface area contributed by atoms with E-state index in [0.717, 1.165) is 0 Å². The number of thiazole rings is 1. The first-order chi connectivity index (χ1) is 10.2. The Morgan fingerprint density at radius 3 is 2.76 bits per heavy atom. The number of benzene rings is 1. The van der Waals surface area contributed by atoms with Crippen molar-refractivity contribution in [2.75, 3.05) is 16.5 Å². The number of nitrogens with zero attached hydrogens (tertiary/aromatic N) is 1. The quantitative estimate of drug-likeness (QED) is 0.801. The van der Waals surface area contributed by atoms with Crippen LogP contribution >= 0.6 is 22.9 Å². The minimum Gasteiger partial charge on any atom is -0.325 e. The number of hydrogen-bond acceptors (Lipinski definition) is 4. The third-order valence-corrected chi connectivity index (χ3v) is 3.59. The predicted molar refractivity (Wildman–Crippen MR) is 85.1 cm³/mol. The van der Waals surface area contributed by atoms with Gasteiger partial charge in [-0.1, -0.05) is 12.1 Å². The largest absolute Gasteiger partial charge is 0.325 e. The van der Waals surface area contributed by atoms with Crippen LogP contribution in [0, 0.1) is 0 Å². The van der Waals surface area contributed by atoms with Crippen molar-refractivity contribution in [2.24, 2.45) is 0 Å². The van der Waals surface area contributed by atoms with E-state index in [1.807, 2.05) is 0 Å². The first-order valence-electron chi connectivity index (χ1n) is 6.36. The van der Waals surface area contributed by atoms with Crippen molar-refractivity contribution >= 4 is 45.6 Å². The van der Waals surface area contributed by atoms with Gasteiger partial charge in [-0.3, -0.25) is 14.9 Å². The number of para-hydroxylation sites is 1. The van der Waals surface area contributed by atoms with E-state index in [0.29, 0.717) is 35.1 Å². The molecule has 0 unspecified atom stereocenters. The lowest BCUT2D eigenvalue weighted by Gasteiger charge is -2.10. The Kier molecular flexibility index (Phi) is 5.71. The summed E-state index contributed by atoms with van der Waals surface area (Å²) in [6.07, 6.45) is 2.53. The molecule has 110 valence electrons. The Morgan fingerprint density at radius 2 is 2.05 bits per heavy atom. The monoisotopic (exact) mass is 323 g/mol. The second-order valence-electron chi connectivity index (χ2n) is 4.18. The normalized spacial score (nSPS) is 10.1. The number of alkyl halides is 1. The maximum atomic E-state index is 12.2. The molecule has 2 aromatic rings. The molecule has 2 rings (SSSR count). The summed E-state index contributed by atoms with van der Waals surface area (Å²) in [7, 11) is 0. The zero-order valence-corrected chi connectivity index (χ0v) is 12.7. The predicted octanol–water partition coefficient (Wildman–Crippen LogP) is 3.35. The van der Waals surface area contributed by atoms with Gasteiger partial charge in [0, 0.05) is 23.9 Å². The van der Waals surface area contributed by atoms with Gasteiger partial charge in [-0.15, -0.1) is 22.9 Å². The van der Waals surface area contributed by atoms with Gasteiger partial charge < -0.3 is 5.32 Å². The highest BCUT2D eigenvalue weighted by molar-refractivity contribution is 7.13. The molecule has 1 heterocycles. The minimum atomic E-state index is -0.307. The third-order valence-electron chi connectivity index (χ3n) is 2.64. The van der Waals surface area contributed by atoms with E-state index in [1.54, 1.807) is 35.8 Å². The fraction of sp³-hybridized carbons (Fsp3) is 0.214. The molecular weight excluding hydrogens is 310 g/mol. The zero-order chi connectivity index (χ0) is 15.1. The molecule has 2 N–H and O–H groups in total. The van der Waals surface area contributed by atoms with Gasteiger partial charge in [-0.05, 0) is 18.6 Å². The summed E-state index contributed by atoms with van der Waals surface area (Å²) in [6, 6.07) is 6.85. The average Bonchev–Trinajstić information content (AvgIpc) is 2.98. The topological polar surface area (TPSA) is 71.1 Å². The molecule has 0 aliphatic rings. The number of hydrogen-bond donors (Lipinski definition) is 2. The van der Waals surface area contributed by atoms with Crippen molar-refractivity contribution in [2.45, 2.75) is 12.8 Å². The van der Waals surface area contributed by atoms with Crippen molar-refractivity contribution in [3.8, 4) is 0 Å². The van der Waals surface area contributed by atoms with E-state index in [2.05, 4.69) is 15.6 Å². The van der Waals surface area contributed by atoms with Crippen molar-refractivity contribution in [1.82, 2.24) is 4.98 Å². The molecule has 0 saturated heterocycles. The van der Waals surface area contributed by atoms with E-state index >= 15 is 0 Å². The summed E-state index contributed by atoms with van der Waals surface area (Å²) >= 11 is 6.89. The number of amides is 2. The second-order valence-corrected chi connectivity index (χ2v) is 5.45. The SMILES string of the molecule is O=C(CCCCl)Nc1ccccc1C(=O)Nc1nccs1. The number of halogens is 1. The highest BCUT2D eigenvalue weighted by atomic mass is 35.5. The van der Waals surface area contributed by atoms with E-state index in [1.165, 1.54) is 11.3 Å². The fourth-order valence-corrected chi connectivity index (χ4v) is 2.34. The van der Waals surface area contributed by atoms with E-state index < -0.39 is 0 Å². The van der Waals surface area contributed by atoms with Crippen LogP contribution in [-0.4, -0.2) is 22.7 Å². The van der Waals surface area contributed by atoms with Gasteiger partial charge in [0.05, 0.1) is 11.3 Å². The van der Waals surface area contributed by atoms with Gasteiger partial charge in [-0.25, -0.2) is 4.98 Å². The highest BCUT2D eigenvalue weighted by Crippen LogP contribution is 2.18. The zero-order valence-electron chi connectivity index (χ0n) is 11.1. The molecule has 0 atom stereocenters. The molecule has 1 aromatic carbocycles. The van der Waals surface area contributed by atoms with Crippen LogP contribution in [0.5, 0.6) is 0 Å². The average molecular weight is 324 g/mol. The second kappa shape index (κ2) is 7.75. The molecule has 7 heteroatoms. The molecule has 5 nitrogen and oxygen atoms in total. The lowest BCUT2D eigenvalue weighted by atomic mass is 10.1. The number of carbonyl (C=O) groups is 2. The Morgan fingerprint density at radius 1 is 1.24 bits per heavy atom. The van der Waals surface area contributed by atoms with Gasteiger partial charge in [0.1, 0.15) is 0 Å². The van der Waals surface area contributed by atoms with Crippen molar-refractivity contribution in [1.29, 1.82) is 0 Å². The number of aromatic nitrogens is 1. The molecule has 0 aliphatic heterocycles. The molecule has 0 spiro atoms. The molecule has 0 fully saturated rings. The van der Waals surface area contributed by atoms with E-state index in [9.17, 15) is 9.59 Å². The first kappa shape index (κ1) is 15.5. The van der Waals surface area contributed by atoms with Crippen LogP contribution in [-0.2, 0) is 4.79 Å². The molecule has 0 aliphatic carbocycles. The fourth-order valence-electron chi connectivity index (χ4n) is 1.68. The van der Waals surface area contributed by atoms with Crippen LogP contribution in [0.4, 0.5) is 10.8 Å². The maximum absolute atomic E-state index is 12.2. The Labute approximate surface area is 131 Å². The molecule has 0 saturated carbocycles. The summed E-state index contributed by atoms with van der Waals surface area (Å²) < 4.78 is 0. The summed E-state index contributed by atoms with van der Waals surface area (Å²) in [4.78, 5) is 28.0. The standard InChI is InChI=1S/C14H14ClN3O2S/c15-7-3-6-12(19)17-11-5-2-1-4-10(11)13(20)18-14-16-8-9-21-14/h1-2,4-5,8-9H,3,6-7H2,(H,17,19)(H,16,18,20). The molecule has 0 radical (unpaired) electrons.